The average molecular weight is 582 g/mol. The number of carboxylic acid groups (broad SMARTS) is 1. The SMILES string of the molecule is CSCC[C@@H](CSc1ccc(NCc2ccccc2C)cc1)NC(=O)N[C@@H](CC(=O)O)c1ccc2c(c1)OCO2. The molecule has 4 rings (SSSR count). The Morgan fingerprint density at radius 3 is 2.52 bits per heavy atom. The van der Waals surface area contributed by atoms with Gasteiger partial charge < -0.3 is 30.5 Å². The number of aliphatic carboxylic acids is 1. The summed E-state index contributed by atoms with van der Waals surface area (Å²) in [6.45, 7) is 3.00. The van der Waals surface area contributed by atoms with Crippen LogP contribution in [0.4, 0.5) is 10.5 Å². The van der Waals surface area contributed by atoms with Gasteiger partial charge in [0, 0.05) is 28.9 Å². The molecule has 0 radical (unpaired) electrons. The van der Waals surface area contributed by atoms with E-state index in [1.807, 2.05) is 12.3 Å². The van der Waals surface area contributed by atoms with Crippen LogP contribution in [-0.4, -0.2) is 47.7 Å². The van der Waals surface area contributed by atoms with Crippen LogP contribution in [0.3, 0.4) is 0 Å². The van der Waals surface area contributed by atoms with Crippen LogP contribution in [-0.2, 0) is 11.3 Å². The molecular formula is C30H35N3O5S2. The summed E-state index contributed by atoms with van der Waals surface area (Å²) < 4.78 is 10.8. The monoisotopic (exact) mass is 581 g/mol. The fraction of sp³-hybridized carbons (Fsp3) is 0.333. The van der Waals surface area contributed by atoms with Gasteiger partial charge in [0.15, 0.2) is 11.5 Å². The van der Waals surface area contributed by atoms with Gasteiger partial charge in [-0.15, -0.1) is 11.8 Å². The van der Waals surface area contributed by atoms with Gasteiger partial charge in [0.2, 0.25) is 6.79 Å². The Labute approximate surface area is 243 Å². The fourth-order valence-electron chi connectivity index (χ4n) is 4.27. The minimum absolute atomic E-state index is 0.0847. The van der Waals surface area contributed by atoms with Crippen LogP contribution in [0, 0.1) is 6.92 Å². The summed E-state index contributed by atoms with van der Waals surface area (Å²) in [5.74, 6) is 1.73. The van der Waals surface area contributed by atoms with Crippen molar-refractivity contribution in [1.29, 1.82) is 0 Å². The third-order valence-corrected chi connectivity index (χ3v) is 8.36. The molecule has 0 saturated heterocycles. The molecule has 0 spiro atoms. The molecule has 8 nitrogen and oxygen atoms in total. The van der Waals surface area contributed by atoms with E-state index in [0.29, 0.717) is 22.8 Å². The summed E-state index contributed by atoms with van der Waals surface area (Å²) in [5, 5.41) is 18.8. The number of nitrogens with one attached hydrogen (secondary N) is 3. The molecule has 10 heteroatoms. The number of anilines is 1. The standard InChI is InChI=1S/C30H35N3O5S2/c1-20-5-3-4-6-22(20)17-31-23-8-10-25(11-9-23)40-18-24(13-14-39-2)32-30(36)33-26(16-29(34)35)21-7-12-27-28(15-21)38-19-37-27/h3-12,15,24,26,31H,13-14,16-19H2,1-2H3,(H,34,35)(H2,32,33,36)/t24-,26-/m0/s1. The summed E-state index contributed by atoms with van der Waals surface area (Å²) in [4.78, 5) is 25.6. The minimum Gasteiger partial charge on any atom is -0.481 e. The van der Waals surface area contributed by atoms with Crippen molar-refractivity contribution in [2.75, 3.05) is 29.9 Å². The zero-order chi connectivity index (χ0) is 28.3. The number of hydrogen-bond acceptors (Lipinski definition) is 7. The second kappa shape index (κ2) is 14.8. The van der Waals surface area contributed by atoms with E-state index in [0.717, 1.165) is 29.3 Å². The highest BCUT2D eigenvalue weighted by atomic mass is 32.2. The first-order chi connectivity index (χ1) is 19.4. The lowest BCUT2D eigenvalue weighted by molar-refractivity contribution is -0.137. The maximum atomic E-state index is 13.0. The van der Waals surface area contributed by atoms with E-state index in [1.165, 1.54) is 11.1 Å². The summed E-state index contributed by atoms with van der Waals surface area (Å²) in [5.41, 5.74) is 4.23. The number of urea groups is 1. The first-order valence-corrected chi connectivity index (χ1v) is 15.5. The number of rotatable bonds is 14. The number of aryl methyl sites for hydroxylation is 1. The van der Waals surface area contributed by atoms with Gasteiger partial charge in [0.05, 0.1) is 12.5 Å². The lowest BCUT2D eigenvalue weighted by atomic mass is 10.0. The Hall–Kier alpha value is -3.50. The number of carbonyl (C=O) groups excluding carboxylic acids is 1. The zero-order valence-electron chi connectivity index (χ0n) is 22.6. The summed E-state index contributed by atoms with van der Waals surface area (Å²) in [6, 6.07) is 20.7. The molecule has 0 fully saturated rings. The molecular weight excluding hydrogens is 546 g/mol. The number of carboxylic acids is 1. The van der Waals surface area contributed by atoms with E-state index < -0.39 is 18.0 Å². The molecule has 0 aromatic heterocycles. The maximum absolute atomic E-state index is 13.0. The molecule has 40 heavy (non-hydrogen) atoms. The van der Waals surface area contributed by atoms with Crippen molar-refractivity contribution in [3.05, 3.63) is 83.4 Å². The Balaban J connectivity index is 1.32. The summed E-state index contributed by atoms with van der Waals surface area (Å²) >= 11 is 3.40. The number of benzene rings is 3. The third kappa shape index (κ3) is 8.76. The van der Waals surface area contributed by atoms with Crippen molar-refractivity contribution in [2.45, 2.75) is 43.3 Å². The number of thioether (sulfide) groups is 2. The van der Waals surface area contributed by atoms with E-state index >= 15 is 0 Å². The van der Waals surface area contributed by atoms with Crippen molar-refractivity contribution >= 4 is 41.2 Å². The molecule has 2 atom stereocenters. The second-order valence-electron chi connectivity index (χ2n) is 9.47. The molecule has 2 amide bonds. The molecule has 1 aliphatic heterocycles. The van der Waals surface area contributed by atoms with Crippen LogP contribution in [0.1, 0.15) is 35.6 Å². The minimum atomic E-state index is -1.01. The van der Waals surface area contributed by atoms with Crippen LogP contribution < -0.4 is 25.4 Å². The maximum Gasteiger partial charge on any atom is 0.315 e. The van der Waals surface area contributed by atoms with Crippen LogP contribution >= 0.6 is 23.5 Å². The molecule has 0 aliphatic carbocycles. The van der Waals surface area contributed by atoms with E-state index in [1.54, 1.807) is 41.7 Å². The smallest absolute Gasteiger partial charge is 0.315 e. The molecule has 212 valence electrons. The van der Waals surface area contributed by atoms with Crippen molar-refractivity contribution in [3.8, 4) is 11.5 Å². The Bertz CT molecular complexity index is 1290. The predicted molar refractivity (Wildman–Crippen MR) is 162 cm³/mol. The van der Waals surface area contributed by atoms with Gasteiger partial charge in [-0.1, -0.05) is 30.3 Å². The molecule has 4 N–H and O–H groups in total. The zero-order valence-corrected chi connectivity index (χ0v) is 24.3. The van der Waals surface area contributed by atoms with Crippen molar-refractivity contribution in [1.82, 2.24) is 10.6 Å². The van der Waals surface area contributed by atoms with E-state index in [-0.39, 0.29) is 19.3 Å². The van der Waals surface area contributed by atoms with Crippen molar-refractivity contribution in [3.63, 3.8) is 0 Å². The number of amides is 2. The lowest BCUT2D eigenvalue weighted by Gasteiger charge is -2.22. The molecule has 0 unspecified atom stereocenters. The van der Waals surface area contributed by atoms with Gasteiger partial charge in [0.1, 0.15) is 0 Å². The van der Waals surface area contributed by atoms with E-state index in [9.17, 15) is 14.7 Å². The van der Waals surface area contributed by atoms with Crippen LogP contribution in [0.5, 0.6) is 11.5 Å². The van der Waals surface area contributed by atoms with Gasteiger partial charge in [0.25, 0.3) is 0 Å². The van der Waals surface area contributed by atoms with Crippen molar-refractivity contribution < 1.29 is 24.2 Å². The quantitative estimate of drug-likeness (QED) is 0.170. The largest absolute Gasteiger partial charge is 0.481 e. The molecule has 3 aromatic carbocycles. The molecule has 1 aliphatic rings. The predicted octanol–water partition coefficient (Wildman–Crippen LogP) is 6.06. The molecule has 3 aromatic rings. The number of carbonyl (C=O) groups is 2. The Morgan fingerprint density at radius 1 is 1.00 bits per heavy atom. The first kappa shape index (κ1) is 29.5. The van der Waals surface area contributed by atoms with Crippen molar-refractivity contribution in [2.24, 2.45) is 0 Å². The normalized spacial score (nSPS) is 13.3. The average Bonchev–Trinajstić information content (AvgIpc) is 3.42. The van der Waals surface area contributed by atoms with Gasteiger partial charge in [-0.05, 0) is 78.4 Å². The van der Waals surface area contributed by atoms with Crippen LogP contribution in [0.25, 0.3) is 0 Å². The highest BCUT2D eigenvalue weighted by molar-refractivity contribution is 7.99. The van der Waals surface area contributed by atoms with Gasteiger partial charge >= 0.3 is 12.0 Å². The van der Waals surface area contributed by atoms with Gasteiger partial charge in [-0.3, -0.25) is 4.79 Å². The molecule has 0 bridgehead atoms. The van der Waals surface area contributed by atoms with Crippen LogP contribution in [0.2, 0.25) is 0 Å². The highest BCUT2D eigenvalue weighted by Crippen LogP contribution is 2.35. The highest BCUT2D eigenvalue weighted by Gasteiger charge is 2.23. The third-order valence-electron chi connectivity index (χ3n) is 6.54. The van der Waals surface area contributed by atoms with Crippen LogP contribution in [0.15, 0.2) is 71.6 Å². The lowest BCUT2D eigenvalue weighted by Crippen LogP contribution is -2.45. The Morgan fingerprint density at radius 2 is 1.77 bits per heavy atom. The topological polar surface area (TPSA) is 109 Å². The number of hydrogen-bond donors (Lipinski definition) is 4. The summed E-state index contributed by atoms with van der Waals surface area (Å²) in [6.07, 6.45) is 2.59. The number of ether oxygens (including phenoxy) is 2. The second-order valence-corrected chi connectivity index (χ2v) is 11.6. The van der Waals surface area contributed by atoms with E-state index in [4.69, 9.17) is 9.47 Å². The van der Waals surface area contributed by atoms with Gasteiger partial charge in [-0.2, -0.15) is 11.8 Å². The first-order valence-electron chi connectivity index (χ1n) is 13.1. The molecule has 1 heterocycles. The van der Waals surface area contributed by atoms with Gasteiger partial charge in [-0.25, -0.2) is 4.79 Å². The fourth-order valence-corrected chi connectivity index (χ4v) is 5.76. The van der Waals surface area contributed by atoms with E-state index in [2.05, 4.69) is 65.3 Å². The number of fused-ring (bicyclic) bond motifs is 1. The summed E-state index contributed by atoms with van der Waals surface area (Å²) in [7, 11) is 0. The molecule has 0 saturated carbocycles. The Kier molecular flexibility index (Phi) is 10.9.